The minimum Gasteiger partial charge on any atom is -0.370 e. The van der Waals surface area contributed by atoms with Gasteiger partial charge in [0.2, 0.25) is 0 Å². The molecule has 0 radical (unpaired) electrons. The number of nitrogens with zero attached hydrogens (tertiary/aromatic N) is 1. The first kappa shape index (κ1) is 17.7. The smallest absolute Gasteiger partial charge is 0.185 e. The van der Waals surface area contributed by atoms with E-state index in [-0.39, 0.29) is 5.96 Å². The predicted molar refractivity (Wildman–Crippen MR) is 106 cm³/mol. The highest BCUT2D eigenvalue weighted by atomic mass is 16.5. The summed E-state index contributed by atoms with van der Waals surface area (Å²) in [6.07, 6.45) is 0. The molecule has 0 atom stereocenters. The molecular formula is C22H23N3O. The van der Waals surface area contributed by atoms with Crippen LogP contribution in [-0.2, 0) is 10.3 Å². The number of aliphatic imine (C=N–C) groups is 1. The Bertz CT molecular complexity index is 732. The van der Waals surface area contributed by atoms with Gasteiger partial charge in [-0.3, -0.25) is 4.99 Å². The Hall–Kier alpha value is -3.11. The molecule has 0 aliphatic rings. The molecular weight excluding hydrogens is 322 g/mol. The monoisotopic (exact) mass is 345 g/mol. The number of rotatable bonds is 7. The quantitative estimate of drug-likeness (QED) is 0.299. The molecule has 4 N–H and O–H groups in total. The SMILES string of the molecule is NC(N)=NCCOC(c1ccccc1)(c1ccccc1)c1ccccc1. The normalized spacial score (nSPS) is 11.1. The molecule has 0 spiro atoms. The van der Waals surface area contributed by atoms with Crippen LogP contribution in [-0.4, -0.2) is 19.1 Å². The van der Waals surface area contributed by atoms with E-state index >= 15 is 0 Å². The van der Waals surface area contributed by atoms with Crippen LogP contribution < -0.4 is 11.5 Å². The van der Waals surface area contributed by atoms with E-state index in [4.69, 9.17) is 16.2 Å². The van der Waals surface area contributed by atoms with Crippen molar-refractivity contribution in [2.75, 3.05) is 13.2 Å². The fourth-order valence-electron chi connectivity index (χ4n) is 3.14. The lowest BCUT2D eigenvalue weighted by Crippen LogP contribution is -2.34. The molecule has 0 fully saturated rings. The fraction of sp³-hybridized carbons (Fsp3) is 0.136. The molecule has 0 amide bonds. The lowest BCUT2D eigenvalue weighted by molar-refractivity contribution is 0.0181. The molecule has 0 aromatic heterocycles. The van der Waals surface area contributed by atoms with Gasteiger partial charge in [0.25, 0.3) is 0 Å². The van der Waals surface area contributed by atoms with Gasteiger partial charge in [0.05, 0.1) is 13.2 Å². The van der Waals surface area contributed by atoms with E-state index in [9.17, 15) is 0 Å². The number of nitrogens with two attached hydrogens (primary N) is 2. The molecule has 3 aromatic rings. The summed E-state index contributed by atoms with van der Waals surface area (Å²) in [5.41, 5.74) is 13.3. The van der Waals surface area contributed by atoms with Crippen molar-refractivity contribution in [3.8, 4) is 0 Å². The third-order valence-electron chi connectivity index (χ3n) is 4.25. The molecule has 0 aliphatic heterocycles. The highest BCUT2D eigenvalue weighted by molar-refractivity contribution is 5.75. The van der Waals surface area contributed by atoms with Gasteiger partial charge in [-0.05, 0) is 16.7 Å². The first-order chi connectivity index (χ1) is 12.7. The third kappa shape index (κ3) is 3.76. The van der Waals surface area contributed by atoms with Crippen LogP contribution in [0.1, 0.15) is 16.7 Å². The van der Waals surface area contributed by atoms with Gasteiger partial charge in [0.1, 0.15) is 5.60 Å². The molecule has 0 saturated heterocycles. The lowest BCUT2D eigenvalue weighted by atomic mass is 9.80. The van der Waals surface area contributed by atoms with Crippen molar-refractivity contribution in [1.82, 2.24) is 0 Å². The van der Waals surface area contributed by atoms with Crippen LogP contribution in [0, 0.1) is 0 Å². The summed E-state index contributed by atoms with van der Waals surface area (Å²) in [4.78, 5) is 4.06. The van der Waals surface area contributed by atoms with Crippen molar-refractivity contribution >= 4 is 5.96 Å². The lowest BCUT2D eigenvalue weighted by Gasteiger charge is -2.35. The number of hydrogen-bond donors (Lipinski definition) is 2. The second-order valence-corrected chi connectivity index (χ2v) is 5.93. The summed E-state index contributed by atoms with van der Waals surface area (Å²) in [5, 5.41) is 0. The summed E-state index contributed by atoms with van der Waals surface area (Å²) in [6.45, 7) is 0.785. The van der Waals surface area contributed by atoms with E-state index in [2.05, 4.69) is 41.4 Å². The molecule has 26 heavy (non-hydrogen) atoms. The van der Waals surface area contributed by atoms with E-state index < -0.39 is 5.60 Å². The molecule has 0 bridgehead atoms. The maximum atomic E-state index is 6.52. The minimum absolute atomic E-state index is 0.0679. The van der Waals surface area contributed by atoms with Gasteiger partial charge in [0.15, 0.2) is 5.96 Å². The Balaban J connectivity index is 2.13. The molecule has 4 heteroatoms. The second kappa shape index (κ2) is 8.32. The van der Waals surface area contributed by atoms with E-state index in [1.54, 1.807) is 0 Å². The van der Waals surface area contributed by atoms with Crippen molar-refractivity contribution in [3.63, 3.8) is 0 Å². The van der Waals surface area contributed by atoms with Gasteiger partial charge in [-0.25, -0.2) is 0 Å². The van der Waals surface area contributed by atoms with Crippen molar-refractivity contribution in [2.24, 2.45) is 16.5 Å². The van der Waals surface area contributed by atoms with Crippen molar-refractivity contribution in [1.29, 1.82) is 0 Å². The third-order valence-corrected chi connectivity index (χ3v) is 4.25. The van der Waals surface area contributed by atoms with E-state index in [1.807, 2.05) is 54.6 Å². The zero-order chi connectivity index (χ0) is 18.2. The number of benzene rings is 3. The fourth-order valence-corrected chi connectivity index (χ4v) is 3.14. The van der Waals surface area contributed by atoms with Gasteiger partial charge >= 0.3 is 0 Å². The average Bonchev–Trinajstić information content (AvgIpc) is 2.70. The molecule has 132 valence electrons. The Morgan fingerprint density at radius 3 is 1.42 bits per heavy atom. The van der Waals surface area contributed by atoms with Gasteiger partial charge in [0, 0.05) is 0 Å². The summed E-state index contributed by atoms with van der Waals surface area (Å²) < 4.78 is 6.52. The molecule has 0 unspecified atom stereocenters. The van der Waals surface area contributed by atoms with Crippen molar-refractivity contribution in [2.45, 2.75) is 5.60 Å². The molecule has 0 aliphatic carbocycles. The predicted octanol–water partition coefficient (Wildman–Crippen LogP) is 3.27. The molecule has 0 saturated carbocycles. The van der Waals surface area contributed by atoms with E-state index in [0.29, 0.717) is 13.2 Å². The number of hydrogen-bond acceptors (Lipinski definition) is 2. The van der Waals surface area contributed by atoms with Crippen LogP contribution in [0.3, 0.4) is 0 Å². The first-order valence-corrected chi connectivity index (χ1v) is 8.59. The van der Waals surface area contributed by atoms with E-state index in [1.165, 1.54) is 0 Å². The zero-order valence-electron chi connectivity index (χ0n) is 14.6. The maximum Gasteiger partial charge on any atom is 0.185 e. The van der Waals surface area contributed by atoms with Gasteiger partial charge in [-0.15, -0.1) is 0 Å². The topological polar surface area (TPSA) is 73.6 Å². The van der Waals surface area contributed by atoms with Gasteiger partial charge in [-0.2, -0.15) is 0 Å². The summed E-state index contributed by atoms with van der Waals surface area (Å²) in [6, 6.07) is 30.7. The van der Waals surface area contributed by atoms with Gasteiger partial charge in [-0.1, -0.05) is 91.0 Å². The number of ether oxygens (including phenoxy) is 1. The summed E-state index contributed by atoms with van der Waals surface area (Å²) >= 11 is 0. The van der Waals surface area contributed by atoms with Crippen LogP contribution in [0.2, 0.25) is 0 Å². The Labute approximate surface area is 154 Å². The Kier molecular flexibility index (Phi) is 5.66. The van der Waals surface area contributed by atoms with E-state index in [0.717, 1.165) is 16.7 Å². The van der Waals surface area contributed by atoms with Crippen LogP contribution in [0.5, 0.6) is 0 Å². The Morgan fingerprint density at radius 2 is 1.08 bits per heavy atom. The van der Waals surface area contributed by atoms with Crippen molar-refractivity contribution < 1.29 is 4.74 Å². The van der Waals surface area contributed by atoms with Crippen molar-refractivity contribution in [3.05, 3.63) is 108 Å². The minimum atomic E-state index is -0.733. The van der Waals surface area contributed by atoms with Gasteiger partial charge < -0.3 is 16.2 Å². The highest BCUT2D eigenvalue weighted by Crippen LogP contribution is 2.40. The van der Waals surface area contributed by atoms with Crippen LogP contribution in [0.15, 0.2) is 96.0 Å². The number of guanidine groups is 1. The summed E-state index contributed by atoms with van der Waals surface area (Å²) in [5.74, 6) is 0.0679. The second-order valence-electron chi connectivity index (χ2n) is 5.93. The molecule has 3 rings (SSSR count). The van der Waals surface area contributed by atoms with Crippen LogP contribution >= 0.6 is 0 Å². The summed E-state index contributed by atoms with van der Waals surface area (Å²) in [7, 11) is 0. The zero-order valence-corrected chi connectivity index (χ0v) is 14.6. The van der Waals surface area contributed by atoms with Crippen LogP contribution in [0.4, 0.5) is 0 Å². The first-order valence-electron chi connectivity index (χ1n) is 8.59. The Morgan fingerprint density at radius 1 is 0.692 bits per heavy atom. The molecule has 3 aromatic carbocycles. The standard InChI is InChI=1S/C22H23N3O/c23-21(24)25-16-17-26-22(18-10-4-1-5-11-18,19-12-6-2-7-13-19)20-14-8-3-9-15-20/h1-15H,16-17H2,(H4,23,24,25). The maximum absolute atomic E-state index is 6.52. The largest absolute Gasteiger partial charge is 0.370 e. The van der Waals surface area contributed by atoms with Crippen LogP contribution in [0.25, 0.3) is 0 Å². The molecule has 4 nitrogen and oxygen atoms in total. The molecule has 0 heterocycles. The average molecular weight is 345 g/mol. The highest BCUT2D eigenvalue weighted by Gasteiger charge is 2.37.